The van der Waals surface area contributed by atoms with Gasteiger partial charge in [0, 0.05) is 28.5 Å². The number of nitrogens with zero attached hydrogens (tertiary/aromatic N) is 5. The van der Waals surface area contributed by atoms with Crippen molar-refractivity contribution < 1.29 is 4.52 Å². The second-order valence-corrected chi connectivity index (χ2v) is 7.41. The number of fused-ring (bicyclic) bond motifs is 1. The first kappa shape index (κ1) is 18.3. The van der Waals surface area contributed by atoms with E-state index < -0.39 is 0 Å². The first-order valence-corrected chi connectivity index (χ1v) is 9.69. The van der Waals surface area contributed by atoms with Crippen LogP contribution in [0.5, 0.6) is 0 Å². The molecule has 2 aromatic carbocycles. The predicted octanol–water partition coefficient (Wildman–Crippen LogP) is 4.22. The Morgan fingerprint density at radius 2 is 1.73 bits per heavy atom. The average molecular weight is 418 g/mol. The lowest BCUT2D eigenvalue weighted by Crippen LogP contribution is -2.21. The SMILES string of the molecule is Cc1ccc(-c2noc(Cn3ccn4nc(-c5ccc(Cl)cc5)cc4c3=O)n2)cc1. The zero-order valence-corrected chi connectivity index (χ0v) is 16.7. The van der Waals surface area contributed by atoms with Crippen molar-refractivity contribution in [3.63, 3.8) is 0 Å². The van der Waals surface area contributed by atoms with Crippen molar-refractivity contribution in [3.05, 3.63) is 93.8 Å². The van der Waals surface area contributed by atoms with Gasteiger partial charge in [0.1, 0.15) is 12.1 Å². The van der Waals surface area contributed by atoms with Crippen LogP contribution in [-0.2, 0) is 6.54 Å². The van der Waals surface area contributed by atoms with Crippen molar-refractivity contribution in [2.45, 2.75) is 13.5 Å². The maximum atomic E-state index is 12.9. The topological polar surface area (TPSA) is 78.2 Å². The highest BCUT2D eigenvalue weighted by Gasteiger charge is 2.13. The minimum absolute atomic E-state index is 0.176. The molecule has 0 aliphatic rings. The van der Waals surface area contributed by atoms with E-state index in [1.54, 1.807) is 35.1 Å². The first-order valence-electron chi connectivity index (χ1n) is 9.31. The van der Waals surface area contributed by atoms with E-state index in [1.165, 1.54) is 4.57 Å². The van der Waals surface area contributed by atoms with Crippen molar-refractivity contribution in [1.82, 2.24) is 24.3 Å². The van der Waals surface area contributed by atoms with E-state index in [0.717, 1.165) is 16.7 Å². The molecule has 5 aromatic rings. The highest BCUT2D eigenvalue weighted by atomic mass is 35.5. The lowest BCUT2D eigenvalue weighted by atomic mass is 10.1. The quantitative estimate of drug-likeness (QED) is 0.437. The van der Waals surface area contributed by atoms with Crippen LogP contribution in [0.1, 0.15) is 11.5 Å². The summed E-state index contributed by atoms with van der Waals surface area (Å²) in [4.78, 5) is 17.4. The molecule has 0 aliphatic carbocycles. The van der Waals surface area contributed by atoms with Crippen LogP contribution in [0, 0.1) is 6.92 Å². The van der Waals surface area contributed by atoms with Gasteiger partial charge in [-0.2, -0.15) is 10.1 Å². The molecule has 3 aromatic heterocycles. The van der Waals surface area contributed by atoms with E-state index in [4.69, 9.17) is 16.1 Å². The van der Waals surface area contributed by atoms with Crippen molar-refractivity contribution >= 4 is 17.1 Å². The summed E-state index contributed by atoms with van der Waals surface area (Å²) in [5.74, 6) is 0.850. The fraction of sp³-hybridized carbons (Fsp3) is 0.0909. The number of benzene rings is 2. The predicted molar refractivity (Wildman–Crippen MR) is 113 cm³/mol. The first-order chi connectivity index (χ1) is 14.6. The van der Waals surface area contributed by atoms with Crippen LogP contribution in [0.2, 0.25) is 5.02 Å². The molecular formula is C22H16ClN5O2. The summed E-state index contributed by atoms with van der Waals surface area (Å²) in [6.45, 7) is 2.19. The van der Waals surface area contributed by atoms with Crippen LogP contribution < -0.4 is 5.56 Å². The Balaban J connectivity index is 1.45. The largest absolute Gasteiger partial charge is 0.337 e. The Morgan fingerprint density at radius 1 is 1.00 bits per heavy atom. The van der Waals surface area contributed by atoms with Gasteiger partial charge in [-0.05, 0) is 25.1 Å². The molecule has 0 N–H and O–H groups in total. The molecule has 3 heterocycles. The maximum Gasteiger partial charge on any atom is 0.277 e. The number of hydrogen-bond acceptors (Lipinski definition) is 5. The molecule has 5 rings (SSSR count). The second-order valence-electron chi connectivity index (χ2n) is 6.98. The summed E-state index contributed by atoms with van der Waals surface area (Å²) in [6, 6.07) is 16.9. The Kier molecular flexibility index (Phi) is 4.44. The number of rotatable bonds is 4. The number of hydrogen-bond donors (Lipinski definition) is 0. The number of halogens is 1. The third-order valence-corrected chi connectivity index (χ3v) is 5.08. The molecule has 0 amide bonds. The summed E-state index contributed by atoms with van der Waals surface area (Å²) >= 11 is 5.95. The van der Waals surface area contributed by atoms with E-state index in [-0.39, 0.29) is 12.1 Å². The highest BCUT2D eigenvalue weighted by Crippen LogP contribution is 2.21. The second kappa shape index (κ2) is 7.27. The van der Waals surface area contributed by atoms with Crippen LogP contribution in [-0.4, -0.2) is 24.3 Å². The highest BCUT2D eigenvalue weighted by molar-refractivity contribution is 6.30. The summed E-state index contributed by atoms with van der Waals surface area (Å²) in [6.07, 6.45) is 3.39. The smallest absolute Gasteiger partial charge is 0.277 e. The molecule has 0 unspecified atom stereocenters. The molecule has 0 spiro atoms. The summed E-state index contributed by atoms with van der Waals surface area (Å²) in [5, 5.41) is 9.15. The Labute approximate surface area is 176 Å². The number of aryl methyl sites for hydroxylation is 1. The van der Waals surface area contributed by atoms with Crippen LogP contribution in [0.3, 0.4) is 0 Å². The van der Waals surface area contributed by atoms with Crippen LogP contribution in [0.15, 0.2) is 76.3 Å². The Hall–Kier alpha value is -3.71. The normalized spacial score (nSPS) is 11.3. The van der Waals surface area contributed by atoms with Gasteiger partial charge in [-0.1, -0.05) is 58.7 Å². The molecule has 0 saturated heterocycles. The van der Waals surface area contributed by atoms with Gasteiger partial charge in [0.15, 0.2) is 0 Å². The molecule has 30 heavy (non-hydrogen) atoms. The zero-order valence-electron chi connectivity index (χ0n) is 16.0. The van der Waals surface area contributed by atoms with Gasteiger partial charge in [-0.25, -0.2) is 4.52 Å². The monoisotopic (exact) mass is 417 g/mol. The van der Waals surface area contributed by atoms with E-state index in [0.29, 0.717) is 27.9 Å². The molecule has 148 valence electrons. The molecule has 8 heteroatoms. The molecule has 7 nitrogen and oxygen atoms in total. The van der Waals surface area contributed by atoms with Crippen LogP contribution >= 0.6 is 11.6 Å². The van der Waals surface area contributed by atoms with Crippen molar-refractivity contribution in [2.24, 2.45) is 0 Å². The fourth-order valence-electron chi connectivity index (χ4n) is 3.20. The van der Waals surface area contributed by atoms with Gasteiger partial charge in [-0.15, -0.1) is 0 Å². The van der Waals surface area contributed by atoms with Crippen molar-refractivity contribution in [3.8, 4) is 22.6 Å². The molecule has 0 saturated carbocycles. The zero-order chi connectivity index (χ0) is 20.7. The lowest BCUT2D eigenvalue weighted by molar-refractivity contribution is 0.370. The third kappa shape index (κ3) is 3.40. The summed E-state index contributed by atoms with van der Waals surface area (Å²) in [5.41, 5.74) is 3.86. The van der Waals surface area contributed by atoms with Gasteiger partial charge in [-0.3, -0.25) is 4.79 Å². The van der Waals surface area contributed by atoms with Crippen LogP contribution in [0.25, 0.3) is 28.2 Å². The molecule has 0 radical (unpaired) electrons. The van der Waals surface area contributed by atoms with E-state index in [2.05, 4.69) is 15.2 Å². The molecule has 0 aliphatic heterocycles. The average Bonchev–Trinajstić information content (AvgIpc) is 3.39. The molecule has 0 fully saturated rings. The molecule has 0 bridgehead atoms. The third-order valence-electron chi connectivity index (χ3n) is 4.83. The van der Waals surface area contributed by atoms with Gasteiger partial charge >= 0.3 is 0 Å². The standard InChI is InChI=1S/C22H16ClN5O2/c1-14-2-4-16(5-3-14)21-24-20(30-26-21)13-27-10-11-28-19(22(27)29)12-18(25-28)15-6-8-17(23)9-7-15/h2-12H,13H2,1H3. The van der Waals surface area contributed by atoms with Crippen LogP contribution in [0.4, 0.5) is 0 Å². The Bertz CT molecular complexity index is 1400. The van der Waals surface area contributed by atoms with Crippen molar-refractivity contribution in [2.75, 3.05) is 0 Å². The van der Waals surface area contributed by atoms with Crippen molar-refractivity contribution in [1.29, 1.82) is 0 Å². The Morgan fingerprint density at radius 3 is 2.50 bits per heavy atom. The minimum atomic E-state index is -0.194. The summed E-state index contributed by atoms with van der Waals surface area (Å²) < 4.78 is 8.44. The van der Waals surface area contributed by atoms with Gasteiger partial charge in [0.2, 0.25) is 11.7 Å². The van der Waals surface area contributed by atoms with Gasteiger partial charge < -0.3 is 9.09 Å². The lowest BCUT2D eigenvalue weighted by Gasteiger charge is -2.02. The molecule has 0 atom stereocenters. The summed E-state index contributed by atoms with van der Waals surface area (Å²) in [7, 11) is 0. The van der Waals surface area contributed by atoms with E-state index in [1.807, 2.05) is 43.3 Å². The van der Waals surface area contributed by atoms with Gasteiger partial charge in [0.05, 0.1) is 5.69 Å². The maximum absolute atomic E-state index is 12.9. The van der Waals surface area contributed by atoms with Gasteiger partial charge in [0.25, 0.3) is 5.56 Å². The van der Waals surface area contributed by atoms with E-state index >= 15 is 0 Å². The van der Waals surface area contributed by atoms with E-state index in [9.17, 15) is 4.79 Å². The number of aromatic nitrogens is 5. The minimum Gasteiger partial charge on any atom is -0.337 e. The molecular weight excluding hydrogens is 402 g/mol. The fourth-order valence-corrected chi connectivity index (χ4v) is 3.32.